The molecular formula is C22H25ClN6O2. The zero-order valence-electron chi connectivity index (χ0n) is 18.1. The molecule has 0 radical (unpaired) electrons. The molecule has 1 aliphatic heterocycles. The Morgan fingerprint density at radius 1 is 1.10 bits per heavy atom. The number of halogens is 1. The molecule has 0 N–H and O–H groups in total. The highest BCUT2D eigenvalue weighted by Crippen LogP contribution is 2.32. The number of nitrogens with zero attached hydrogens (tertiary/aromatic N) is 6. The maximum absolute atomic E-state index is 13.4. The van der Waals surface area contributed by atoms with E-state index in [9.17, 15) is 4.79 Å². The van der Waals surface area contributed by atoms with Gasteiger partial charge in [-0.3, -0.25) is 4.79 Å². The van der Waals surface area contributed by atoms with Crippen molar-refractivity contribution < 1.29 is 9.32 Å². The van der Waals surface area contributed by atoms with Crippen LogP contribution in [-0.2, 0) is 0 Å². The van der Waals surface area contributed by atoms with Gasteiger partial charge in [0.2, 0.25) is 0 Å². The molecule has 3 heterocycles. The minimum atomic E-state index is -0.0961. The van der Waals surface area contributed by atoms with E-state index in [2.05, 4.69) is 20.0 Å². The number of benzene rings is 1. The van der Waals surface area contributed by atoms with Gasteiger partial charge in [0.15, 0.2) is 0 Å². The number of hydrogen-bond donors (Lipinski definition) is 0. The van der Waals surface area contributed by atoms with Crippen LogP contribution in [0.1, 0.15) is 21.9 Å². The van der Waals surface area contributed by atoms with Gasteiger partial charge in [0, 0.05) is 51.9 Å². The Bertz CT molecular complexity index is 1110. The number of carbonyl (C=O) groups is 1. The van der Waals surface area contributed by atoms with Crippen molar-refractivity contribution in [3.05, 3.63) is 52.5 Å². The number of piperazine rings is 1. The van der Waals surface area contributed by atoms with Crippen LogP contribution in [0.5, 0.6) is 0 Å². The summed E-state index contributed by atoms with van der Waals surface area (Å²) in [6, 6.07) is 9.30. The third-order valence-electron chi connectivity index (χ3n) is 5.37. The Balaban J connectivity index is 1.53. The maximum Gasteiger partial charge on any atom is 0.259 e. The molecule has 3 aromatic rings. The van der Waals surface area contributed by atoms with Crippen molar-refractivity contribution in [2.24, 2.45) is 0 Å². The second-order valence-corrected chi connectivity index (χ2v) is 8.15. The van der Waals surface area contributed by atoms with Gasteiger partial charge in [0.25, 0.3) is 5.91 Å². The zero-order valence-corrected chi connectivity index (χ0v) is 18.8. The third kappa shape index (κ3) is 4.20. The molecule has 0 saturated carbocycles. The van der Waals surface area contributed by atoms with E-state index in [0.717, 1.165) is 17.5 Å². The molecular weight excluding hydrogens is 416 g/mol. The fraction of sp³-hybridized carbons (Fsp3) is 0.364. The van der Waals surface area contributed by atoms with Crippen molar-refractivity contribution >= 4 is 29.1 Å². The van der Waals surface area contributed by atoms with Gasteiger partial charge in [-0.15, -0.1) is 0 Å². The van der Waals surface area contributed by atoms with Crippen molar-refractivity contribution in [2.75, 3.05) is 50.1 Å². The summed E-state index contributed by atoms with van der Waals surface area (Å²) in [7, 11) is 3.92. The lowest BCUT2D eigenvalue weighted by atomic mass is 10.0. The van der Waals surface area contributed by atoms with Gasteiger partial charge in [-0.05, 0) is 19.9 Å². The highest BCUT2D eigenvalue weighted by atomic mass is 35.5. The zero-order chi connectivity index (χ0) is 22.1. The van der Waals surface area contributed by atoms with E-state index in [1.807, 2.05) is 55.1 Å². The van der Waals surface area contributed by atoms with Crippen LogP contribution < -0.4 is 9.80 Å². The smallest absolute Gasteiger partial charge is 0.259 e. The number of carbonyl (C=O) groups excluding carboxylic acids is 1. The molecule has 162 valence electrons. The Hall–Kier alpha value is -3.13. The SMILES string of the molecule is Cc1nc(N(C)C)cc(N2CCN(C(=O)c3c(-c4ccccc4Cl)noc3C)CC2)n1. The van der Waals surface area contributed by atoms with Crippen molar-refractivity contribution in [2.45, 2.75) is 13.8 Å². The van der Waals surface area contributed by atoms with Gasteiger partial charge in [-0.2, -0.15) is 0 Å². The topological polar surface area (TPSA) is 78.6 Å². The Kier molecular flexibility index (Phi) is 5.82. The second kappa shape index (κ2) is 8.55. The summed E-state index contributed by atoms with van der Waals surface area (Å²) >= 11 is 6.34. The number of rotatable bonds is 4. The van der Waals surface area contributed by atoms with E-state index in [0.29, 0.717) is 53.8 Å². The number of amides is 1. The lowest BCUT2D eigenvalue weighted by Gasteiger charge is -2.35. The fourth-order valence-electron chi connectivity index (χ4n) is 3.69. The predicted molar refractivity (Wildman–Crippen MR) is 121 cm³/mol. The predicted octanol–water partition coefficient (Wildman–Crippen LogP) is 3.43. The van der Waals surface area contributed by atoms with E-state index < -0.39 is 0 Å². The van der Waals surface area contributed by atoms with E-state index in [1.165, 1.54) is 0 Å². The van der Waals surface area contributed by atoms with Gasteiger partial charge >= 0.3 is 0 Å². The van der Waals surface area contributed by atoms with Crippen LogP contribution in [0.3, 0.4) is 0 Å². The summed E-state index contributed by atoms with van der Waals surface area (Å²) in [5.41, 5.74) is 1.64. The molecule has 31 heavy (non-hydrogen) atoms. The standard InChI is InChI=1S/C22H25ClN6O2/c1-14-20(21(26-31-14)16-7-5-6-8-17(16)23)22(30)29-11-9-28(10-12-29)19-13-18(27(3)4)24-15(2)25-19/h5-8,13H,9-12H2,1-4H3. The molecule has 2 aromatic heterocycles. The van der Waals surface area contributed by atoms with Crippen LogP contribution in [0, 0.1) is 13.8 Å². The first kappa shape index (κ1) is 21.1. The lowest BCUT2D eigenvalue weighted by molar-refractivity contribution is 0.0745. The molecule has 1 fully saturated rings. The monoisotopic (exact) mass is 440 g/mol. The first-order valence-electron chi connectivity index (χ1n) is 10.1. The van der Waals surface area contributed by atoms with Gasteiger partial charge in [-0.1, -0.05) is 35.0 Å². The largest absolute Gasteiger partial charge is 0.363 e. The molecule has 0 aliphatic carbocycles. The van der Waals surface area contributed by atoms with Crippen molar-refractivity contribution in [1.29, 1.82) is 0 Å². The molecule has 0 bridgehead atoms. The summed E-state index contributed by atoms with van der Waals surface area (Å²) in [4.78, 5) is 28.4. The lowest BCUT2D eigenvalue weighted by Crippen LogP contribution is -2.49. The van der Waals surface area contributed by atoms with E-state index in [-0.39, 0.29) is 5.91 Å². The Morgan fingerprint density at radius 2 is 1.81 bits per heavy atom. The third-order valence-corrected chi connectivity index (χ3v) is 5.70. The van der Waals surface area contributed by atoms with Crippen LogP contribution in [0.15, 0.2) is 34.9 Å². The number of aryl methyl sites for hydroxylation is 2. The van der Waals surface area contributed by atoms with Gasteiger partial charge < -0.3 is 19.2 Å². The number of hydrogen-bond acceptors (Lipinski definition) is 7. The van der Waals surface area contributed by atoms with Crippen LogP contribution in [0.2, 0.25) is 5.02 Å². The van der Waals surface area contributed by atoms with Crippen LogP contribution in [-0.4, -0.2) is 66.2 Å². The summed E-state index contributed by atoms with van der Waals surface area (Å²) in [6.45, 7) is 6.16. The molecule has 1 aromatic carbocycles. The molecule has 4 rings (SSSR count). The molecule has 1 amide bonds. The summed E-state index contributed by atoms with van der Waals surface area (Å²) in [5.74, 6) is 2.86. The molecule has 8 nitrogen and oxygen atoms in total. The van der Waals surface area contributed by atoms with Crippen LogP contribution in [0.25, 0.3) is 11.3 Å². The molecule has 1 aliphatic rings. The second-order valence-electron chi connectivity index (χ2n) is 7.75. The summed E-state index contributed by atoms with van der Waals surface area (Å²) < 4.78 is 5.37. The Morgan fingerprint density at radius 3 is 2.48 bits per heavy atom. The van der Waals surface area contributed by atoms with E-state index in [1.54, 1.807) is 13.0 Å². The average Bonchev–Trinajstić information content (AvgIpc) is 3.14. The number of aromatic nitrogens is 3. The van der Waals surface area contributed by atoms with E-state index >= 15 is 0 Å². The van der Waals surface area contributed by atoms with Crippen molar-refractivity contribution in [1.82, 2.24) is 20.0 Å². The van der Waals surface area contributed by atoms with Gasteiger partial charge in [-0.25, -0.2) is 9.97 Å². The minimum Gasteiger partial charge on any atom is -0.363 e. The first-order valence-corrected chi connectivity index (χ1v) is 10.5. The van der Waals surface area contributed by atoms with Gasteiger partial charge in [0.1, 0.15) is 34.5 Å². The average molecular weight is 441 g/mol. The van der Waals surface area contributed by atoms with Crippen molar-refractivity contribution in [3.8, 4) is 11.3 Å². The fourth-order valence-corrected chi connectivity index (χ4v) is 3.91. The summed E-state index contributed by atoms with van der Waals surface area (Å²) in [6.07, 6.45) is 0. The molecule has 1 saturated heterocycles. The van der Waals surface area contributed by atoms with E-state index in [4.69, 9.17) is 16.1 Å². The van der Waals surface area contributed by atoms with Gasteiger partial charge in [0.05, 0.1) is 5.02 Å². The van der Waals surface area contributed by atoms with Crippen molar-refractivity contribution in [3.63, 3.8) is 0 Å². The van der Waals surface area contributed by atoms with Crippen LogP contribution in [0.4, 0.5) is 11.6 Å². The molecule has 0 unspecified atom stereocenters. The highest BCUT2D eigenvalue weighted by molar-refractivity contribution is 6.33. The van der Waals surface area contributed by atoms with Crippen LogP contribution >= 0.6 is 11.6 Å². The first-order chi connectivity index (χ1) is 14.8. The minimum absolute atomic E-state index is 0.0961. The molecule has 0 spiro atoms. The maximum atomic E-state index is 13.4. The molecule has 9 heteroatoms. The highest BCUT2D eigenvalue weighted by Gasteiger charge is 2.29. The number of anilines is 2. The summed E-state index contributed by atoms with van der Waals surface area (Å²) in [5, 5.41) is 4.66. The normalized spacial score (nSPS) is 14.1. The Labute approximate surface area is 186 Å². The quantitative estimate of drug-likeness (QED) is 0.614. The molecule has 0 atom stereocenters.